The van der Waals surface area contributed by atoms with Gasteiger partial charge in [0, 0.05) is 26.2 Å². The molecule has 0 spiro atoms. The summed E-state index contributed by atoms with van der Waals surface area (Å²) in [5.41, 5.74) is 0.835. The Kier molecular flexibility index (Phi) is 4.58. The first-order valence-corrected chi connectivity index (χ1v) is 9.38. The van der Waals surface area contributed by atoms with E-state index in [1.54, 1.807) is 12.1 Å². The van der Waals surface area contributed by atoms with Crippen molar-refractivity contribution in [2.24, 2.45) is 0 Å². The molecule has 1 saturated heterocycles. The van der Waals surface area contributed by atoms with Gasteiger partial charge in [0.1, 0.15) is 17.4 Å². The Hall–Kier alpha value is -1.77. The minimum Gasteiger partial charge on any atom is -0.301 e. The molecule has 2 unspecified atom stereocenters. The molecule has 1 aromatic carbocycles. The fourth-order valence-electron chi connectivity index (χ4n) is 3.57. The average molecular weight is 361 g/mol. The molecule has 3 heterocycles. The van der Waals surface area contributed by atoms with Crippen molar-refractivity contribution in [3.05, 3.63) is 42.0 Å². The van der Waals surface area contributed by atoms with Crippen LogP contribution in [0.5, 0.6) is 0 Å². The third-order valence-corrected chi connectivity index (χ3v) is 6.13. The zero-order valence-electron chi connectivity index (χ0n) is 14.0. The molecule has 1 fully saturated rings. The fourth-order valence-corrected chi connectivity index (χ4v) is 4.80. The summed E-state index contributed by atoms with van der Waals surface area (Å²) in [5.74, 6) is -0.356. The Morgan fingerprint density at radius 2 is 2.12 bits per heavy atom. The van der Waals surface area contributed by atoms with E-state index in [1.165, 1.54) is 28.8 Å². The Labute approximate surface area is 150 Å². The molecule has 2 atom stereocenters. The monoisotopic (exact) mass is 361 g/mol. The van der Waals surface area contributed by atoms with Crippen molar-refractivity contribution in [2.45, 2.75) is 23.4 Å². The van der Waals surface area contributed by atoms with Crippen LogP contribution in [0.25, 0.3) is 0 Å². The van der Waals surface area contributed by atoms with Gasteiger partial charge in [0.15, 0.2) is 5.16 Å². The predicted octanol–water partition coefficient (Wildman–Crippen LogP) is 1.91. The van der Waals surface area contributed by atoms with Crippen LogP contribution in [-0.2, 0) is 0 Å². The van der Waals surface area contributed by atoms with E-state index in [0.717, 1.165) is 38.3 Å². The van der Waals surface area contributed by atoms with Gasteiger partial charge < -0.3 is 4.90 Å². The molecule has 6 nitrogen and oxygen atoms in total. The van der Waals surface area contributed by atoms with Crippen molar-refractivity contribution in [3.8, 4) is 0 Å². The highest BCUT2D eigenvalue weighted by atomic mass is 32.2. The summed E-state index contributed by atoms with van der Waals surface area (Å²) in [6, 6.07) is 6.41. The van der Waals surface area contributed by atoms with Gasteiger partial charge in [-0.1, -0.05) is 30.8 Å². The van der Waals surface area contributed by atoms with Crippen molar-refractivity contribution >= 4 is 17.7 Å². The number of carbonyl (C=O) groups is 1. The van der Waals surface area contributed by atoms with Crippen molar-refractivity contribution in [3.63, 3.8) is 0 Å². The van der Waals surface area contributed by atoms with Gasteiger partial charge >= 0.3 is 0 Å². The predicted molar refractivity (Wildman–Crippen MR) is 93.1 cm³/mol. The second-order valence-electron chi connectivity index (χ2n) is 6.30. The van der Waals surface area contributed by atoms with Crippen molar-refractivity contribution in [1.82, 2.24) is 24.6 Å². The van der Waals surface area contributed by atoms with Gasteiger partial charge in [-0.2, -0.15) is 9.78 Å². The number of thioether (sulfide) groups is 1. The van der Waals surface area contributed by atoms with Gasteiger partial charge in [-0.3, -0.25) is 9.69 Å². The molecule has 0 aliphatic carbocycles. The highest BCUT2D eigenvalue weighted by Gasteiger charge is 2.43. The van der Waals surface area contributed by atoms with Crippen molar-refractivity contribution in [2.75, 3.05) is 32.7 Å². The van der Waals surface area contributed by atoms with E-state index in [9.17, 15) is 9.18 Å². The SMILES string of the molecule is CCN1CCN(C(c2cccc(F)c2)C2Sc3ncnn3C2=O)CC1. The smallest absolute Gasteiger partial charge is 0.264 e. The first-order chi connectivity index (χ1) is 12.2. The molecule has 4 rings (SSSR count). The zero-order chi connectivity index (χ0) is 17.4. The number of benzene rings is 1. The molecular weight excluding hydrogens is 341 g/mol. The molecule has 0 radical (unpaired) electrons. The number of nitrogens with zero attached hydrogens (tertiary/aromatic N) is 5. The number of hydrogen-bond donors (Lipinski definition) is 0. The first kappa shape index (κ1) is 16.7. The van der Waals surface area contributed by atoms with Crippen LogP contribution in [0.15, 0.2) is 35.7 Å². The quantitative estimate of drug-likeness (QED) is 0.829. The number of carbonyl (C=O) groups excluding carboxylic acids is 1. The summed E-state index contributed by atoms with van der Waals surface area (Å²) in [6.45, 7) is 6.80. The normalized spacial score (nSPS) is 23.0. The Morgan fingerprint density at radius 1 is 1.32 bits per heavy atom. The second kappa shape index (κ2) is 6.86. The van der Waals surface area contributed by atoms with E-state index in [0.29, 0.717) is 5.16 Å². The summed E-state index contributed by atoms with van der Waals surface area (Å²) in [5, 5.41) is 4.29. The lowest BCUT2D eigenvalue weighted by molar-refractivity contribution is 0.0738. The topological polar surface area (TPSA) is 54.3 Å². The van der Waals surface area contributed by atoms with Gasteiger partial charge in [0.25, 0.3) is 5.91 Å². The Morgan fingerprint density at radius 3 is 2.80 bits per heavy atom. The molecule has 132 valence electrons. The van der Waals surface area contributed by atoms with Gasteiger partial charge in [-0.15, -0.1) is 0 Å². The van der Waals surface area contributed by atoms with Crippen LogP contribution in [0.3, 0.4) is 0 Å². The summed E-state index contributed by atoms with van der Waals surface area (Å²) < 4.78 is 15.2. The molecule has 2 aromatic rings. The first-order valence-electron chi connectivity index (χ1n) is 8.50. The molecule has 2 aliphatic heterocycles. The second-order valence-corrected chi connectivity index (χ2v) is 7.41. The summed E-state index contributed by atoms with van der Waals surface area (Å²) in [6.07, 6.45) is 1.40. The number of piperazine rings is 1. The number of rotatable bonds is 4. The highest BCUT2D eigenvalue weighted by Crippen LogP contribution is 2.40. The number of aromatic nitrogens is 3. The van der Waals surface area contributed by atoms with Crippen LogP contribution in [0.4, 0.5) is 4.39 Å². The van der Waals surface area contributed by atoms with Gasteiger partial charge in [-0.25, -0.2) is 9.37 Å². The molecular formula is C17H20FN5OS. The molecule has 0 amide bonds. The molecule has 2 aliphatic rings. The molecule has 25 heavy (non-hydrogen) atoms. The van der Waals surface area contributed by atoms with Gasteiger partial charge in [-0.05, 0) is 24.2 Å². The molecule has 1 aromatic heterocycles. The van der Waals surface area contributed by atoms with E-state index in [1.807, 2.05) is 6.07 Å². The molecule has 0 bridgehead atoms. The van der Waals surface area contributed by atoms with E-state index in [2.05, 4.69) is 26.8 Å². The van der Waals surface area contributed by atoms with Crippen LogP contribution in [0.2, 0.25) is 0 Å². The van der Waals surface area contributed by atoms with E-state index >= 15 is 0 Å². The van der Waals surface area contributed by atoms with Crippen molar-refractivity contribution < 1.29 is 9.18 Å². The minimum atomic E-state index is -0.355. The molecule has 0 saturated carbocycles. The van der Waals surface area contributed by atoms with E-state index in [4.69, 9.17) is 0 Å². The summed E-state index contributed by atoms with van der Waals surface area (Å²) in [7, 11) is 0. The average Bonchev–Trinajstić information content (AvgIpc) is 3.20. The lowest BCUT2D eigenvalue weighted by Crippen LogP contribution is -2.50. The largest absolute Gasteiger partial charge is 0.301 e. The maximum Gasteiger partial charge on any atom is 0.264 e. The zero-order valence-corrected chi connectivity index (χ0v) is 14.8. The highest BCUT2D eigenvalue weighted by molar-refractivity contribution is 8.00. The standard InChI is InChI=1S/C17H20FN5OS/c1-2-21-6-8-22(9-7-21)14(12-4-3-5-13(18)10-12)15-16(24)23-17(25-15)19-11-20-23/h3-5,10-11,14-15H,2,6-9H2,1H3. The number of halogens is 1. The molecule has 8 heteroatoms. The maximum absolute atomic E-state index is 13.9. The van der Waals surface area contributed by atoms with E-state index in [-0.39, 0.29) is 23.0 Å². The van der Waals surface area contributed by atoms with Crippen LogP contribution in [-0.4, -0.2) is 68.4 Å². The number of hydrogen-bond acceptors (Lipinski definition) is 6. The van der Waals surface area contributed by atoms with Crippen molar-refractivity contribution in [1.29, 1.82) is 0 Å². The van der Waals surface area contributed by atoms with Gasteiger partial charge in [0.2, 0.25) is 0 Å². The lowest BCUT2D eigenvalue weighted by atomic mass is 10.00. The summed E-state index contributed by atoms with van der Waals surface area (Å²) in [4.78, 5) is 21.7. The van der Waals surface area contributed by atoms with Crippen LogP contribution in [0, 0.1) is 5.82 Å². The van der Waals surface area contributed by atoms with Crippen LogP contribution < -0.4 is 0 Å². The molecule has 0 N–H and O–H groups in total. The Balaban J connectivity index is 1.65. The minimum absolute atomic E-state index is 0.0790. The fraction of sp³-hybridized carbons (Fsp3) is 0.471. The van der Waals surface area contributed by atoms with Crippen LogP contribution >= 0.6 is 11.8 Å². The van der Waals surface area contributed by atoms with Crippen LogP contribution in [0.1, 0.15) is 23.3 Å². The maximum atomic E-state index is 13.9. The number of fused-ring (bicyclic) bond motifs is 1. The number of likely N-dealkylation sites (N-methyl/N-ethyl adjacent to an activating group) is 1. The Bertz CT molecular complexity index is 774. The van der Waals surface area contributed by atoms with E-state index < -0.39 is 0 Å². The summed E-state index contributed by atoms with van der Waals surface area (Å²) >= 11 is 1.42. The third kappa shape index (κ3) is 3.09. The lowest BCUT2D eigenvalue weighted by Gasteiger charge is -2.40. The van der Waals surface area contributed by atoms with Gasteiger partial charge in [0.05, 0.1) is 6.04 Å². The third-order valence-electron chi connectivity index (χ3n) is 4.93.